The van der Waals surface area contributed by atoms with Gasteiger partial charge in [-0.05, 0) is 26.1 Å². The minimum atomic E-state index is -0.361. The fourth-order valence-electron chi connectivity index (χ4n) is 2.94. The SMILES string of the molecule is Cc1nc2c(N3CCN(C)CC3)nc3c(F)cc(Br)cc3n2n1. The maximum Gasteiger partial charge on any atom is 0.199 e. The molecule has 1 aliphatic heterocycles. The minimum Gasteiger partial charge on any atom is -0.351 e. The summed E-state index contributed by atoms with van der Waals surface area (Å²) in [5.41, 5.74) is 1.61. The molecule has 0 bridgehead atoms. The summed E-state index contributed by atoms with van der Waals surface area (Å²) < 4.78 is 16.8. The van der Waals surface area contributed by atoms with E-state index in [1.54, 1.807) is 4.52 Å². The van der Waals surface area contributed by atoms with Gasteiger partial charge in [-0.1, -0.05) is 15.9 Å². The summed E-state index contributed by atoms with van der Waals surface area (Å²) in [7, 11) is 2.10. The summed E-state index contributed by atoms with van der Waals surface area (Å²) in [5.74, 6) is 0.988. The fraction of sp³-hybridized carbons (Fsp3) is 0.400. The number of piperazine rings is 1. The van der Waals surface area contributed by atoms with Crippen LogP contribution in [0.4, 0.5) is 10.2 Å². The largest absolute Gasteiger partial charge is 0.351 e. The molecule has 120 valence electrons. The van der Waals surface area contributed by atoms with Crippen LogP contribution < -0.4 is 4.90 Å². The van der Waals surface area contributed by atoms with Gasteiger partial charge in [0.2, 0.25) is 0 Å². The molecule has 6 nitrogen and oxygen atoms in total. The van der Waals surface area contributed by atoms with Crippen LogP contribution in [0, 0.1) is 12.7 Å². The molecule has 2 aromatic heterocycles. The molecule has 1 aliphatic rings. The maximum absolute atomic E-state index is 14.4. The Morgan fingerprint density at radius 1 is 1.13 bits per heavy atom. The molecule has 0 atom stereocenters. The Morgan fingerprint density at radius 3 is 2.61 bits per heavy atom. The highest BCUT2D eigenvalue weighted by molar-refractivity contribution is 9.10. The molecule has 0 saturated carbocycles. The summed E-state index contributed by atoms with van der Waals surface area (Å²) in [6, 6.07) is 3.25. The maximum atomic E-state index is 14.4. The van der Waals surface area contributed by atoms with E-state index in [1.165, 1.54) is 6.07 Å². The molecule has 0 N–H and O–H groups in total. The number of hydrogen-bond donors (Lipinski definition) is 0. The van der Waals surface area contributed by atoms with Crippen LogP contribution >= 0.6 is 15.9 Å². The van der Waals surface area contributed by atoms with Crippen molar-refractivity contribution < 1.29 is 4.39 Å². The topological polar surface area (TPSA) is 49.6 Å². The van der Waals surface area contributed by atoms with Gasteiger partial charge in [-0.15, -0.1) is 0 Å². The summed E-state index contributed by atoms with van der Waals surface area (Å²) in [6.45, 7) is 5.41. The second kappa shape index (κ2) is 5.38. The smallest absolute Gasteiger partial charge is 0.199 e. The van der Waals surface area contributed by atoms with Gasteiger partial charge in [0.15, 0.2) is 17.3 Å². The van der Waals surface area contributed by atoms with Gasteiger partial charge >= 0.3 is 0 Å². The van der Waals surface area contributed by atoms with E-state index >= 15 is 0 Å². The Morgan fingerprint density at radius 2 is 1.87 bits per heavy atom. The number of benzene rings is 1. The summed E-state index contributed by atoms with van der Waals surface area (Å²) in [6.07, 6.45) is 0. The van der Waals surface area contributed by atoms with Crippen LogP contribution in [0.25, 0.3) is 16.7 Å². The van der Waals surface area contributed by atoms with Gasteiger partial charge in [0.25, 0.3) is 0 Å². The zero-order valence-corrected chi connectivity index (χ0v) is 14.5. The van der Waals surface area contributed by atoms with Crippen LogP contribution in [0.2, 0.25) is 0 Å². The van der Waals surface area contributed by atoms with Gasteiger partial charge in [-0.2, -0.15) is 5.10 Å². The number of rotatable bonds is 1. The zero-order chi connectivity index (χ0) is 16.1. The molecule has 4 rings (SSSR count). The first-order valence-electron chi connectivity index (χ1n) is 7.48. The third kappa shape index (κ3) is 2.46. The molecule has 1 aromatic carbocycles. The van der Waals surface area contributed by atoms with Gasteiger partial charge in [0.05, 0.1) is 5.52 Å². The lowest BCUT2D eigenvalue weighted by atomic mass is 10.2. The van der Waals surface area contributed by atoms with E-state index in [9.17, 15) is 4.39 Å². The first-order chi connectivity index (χ1) is 11.0. The number of aryl methyl sites for hydroxylation is 1. The lowest BCUT2D eigenvalue weighted by molar-refractivity contribution is 0.312. The van der Waals surface area contributed by atoms with Crippen LogP contribution in [0.3, 0.4) is 0 Å². The fourth-order valence-corrected chi connectivity index (χ4v) is 3.36. The van der Waals surface area contributed by atoms with E-state index in [0.29, 0.717) is 32.8 Å². The quantitative estimate of drug-likeness (QED) is 0.649. The van der Waals surface area contributed by atoms with Crippen molar-refractivity contribution in [2.45, 2.75) is 6.92 Å². The van der Waals surface area contributed by atoms with Crippen molar-refractivity contribution in [1.82, 2.24) is 24.5 Å². The van der Waals surface area contributed by atoms with Crippen LogP contribution in [0.15, 0.2) is 16.6 Å². The highest BCUT2D eigenvalue weighted by atomic mass is 79.9. The zero-order valence-electron chi connectivity index (χ0n) is 12.9. The Balaban J connectivity index is 1.99. The van der Waals surface area contributed by atoms with Gasteiger partial charge in [-0.25, -0.2) is 18.9 Å². The van der Waals surface area contributed by atoms with Crippen molar-refractivity contribution in [3.05, 3.63) is 28.2 Å². The third-order valence-electron chi connectivity index (χ3n) is 4.17. The minimum absolute atomic E-state index is 0.319. The van der Waals surface area contributed by atoms with E-state index in [1.807, 2.05) is 13.0 Å². The molecular weight excluding hydrogens is 363 g/mol. The standard InChI is InChI=1S/C15H16BrFN6/c1-9-18-15-14(22-5-3-21(2)4-6-22)19-13-11(17)7-10(16)8-12(13)23(15)20-9/h7-8H,3-6H2,1-2H3. The highest BCUT2D eigenvalue weighted by Crippen LogP contribution is 2.28. The molecule has 8 heteroatoms. The number of nitrogens with zero attached hydrogens (tertiary/aromatic N) is 6. The molecule has 0 radical (unpaired) electrons. The van der Waals surface area contributed by atoms with Crippen molar-refractivity contribution >= 4 is 38.4 Å². The van der Waals surface area contributed by atoms with Gasteiger partial charge in [0.1, 0.15) is 11.3 Å². The van der Waals surface area contributed by atoms with Crippen LogP contribution in [-0.4, -0.2) is 57.7 Å². The van der Waals surface area contributed by atoms with E-state index in [-0.39, 0.29) is 5.82 Å². The molecule has 0 spiro atoms. The molecule has 3 aromatic rings. The Bertz CT molecular complexity index is 900. The number of likely N-dealkylation sites (N-methyl/N-ethyl adjacent to an activating group) is 1. The van der Waals surface area contributed by atoms with Crippen LogP contribution in [-0.2, 0) is 0 Å². The first-order valence-corrected chi connectivity index (χ1v) is 8.28. The molecule has 1 fully saturated rings. The van der Waals surface area contributed by atoms with Crippen LogP contribution in [0.5, 0.6) is 0 Å². The molecular formula is C15H16BrFN6. The highest BCUT2D eigenvalue weighted by Gasteiger charge is 2.22. The van der Waals surface area contributed by atoms with Crippen molar-refractivity contribution in [1.29, 1.82) is 0 Å². The lowest BCUT2D eigenvalue weighted by Crippen LogP contribution is -2.45. The Hall–Kier alpha value is -1.80. The van der Waals surface area contributed by atoms with Crippen molar-refractivity contribution in [2.75, 3.05) is 38.1 Å². The number of halogens is 2. The first kappa shape index (κ1) is 14.8. The third-order valence-corrected chi connectivity index (χ3v) is 4.63. The van der Waals surface area contributed by atoms with E-state index in [4.69, 9.17) is 0 Å². The van der Waals surface area contributed by atoms with Crippen molar-refractivity contribution in [3.63, 3.8) is 0 Å². The number of anilines is 1. The Labute approximate surface area is 141 Å². The average molecular weight is 379 g/mol. The van der Waals surface area contributed by atoms with E-state index in [2.05, 4.69) is 47.8 Å². The van der Waals surface area contributed by atoms with Crippen molar-refractivity contribution in [3.8, 4) is 0 Å². The predicted octanol–water partition coefficient (Wildman–Crippen LogP) is 2.24. The molecule has 0 amide bonds. The summed E-state index contributed by atoms with van der Waals surface area (Å²) in [5, 5.41) is 4.43. The second-order valence-corrected chi connectivity index (χ2v) is 6.79. The molecule has 0 aliphatic carbocycles. The molecule has 1 saturated heterocycles. The van der Waals surface area contributed by atoms with Gasteiger partial charge in [-0.3, -0.25) is 0 Å². The number of hydrogen-bond acceptors (Lipinski definition) is 5. The molecule has 0 unspecified atom stereocenters. The summed E-state index contributed by atoms with van der Waals surface area (Å²) >= 11 is 3.33. The molecule has 3 heterocycles. The van der Waals surface area contributed by atoms with E-state index in [0.717, 1.165) is 26.2 Å². The lowest BCUT2D eigenvalue weighted by Gasteiger charge is -2.33. The monoisotopic (exact) mass is 378 g/mol. The molecule has 23 heavy (non-hydrogen) atoms. The van der Waals surface area contributed by atoms with Gasteiger partial charge in [0, 0.05) is 30.7 Å². The number of fused-ring (bicyclic) bond motifs is 3. The Kier molecular flexibility index (Phi) is 3.46. The second-order valence-electron chi connectivity index (χ2n) is 5.88. The van der Waals surface area contributed by atoms with Crippen molar-refractivity contribution in [2.24, 2.45) is 0 Å². The van der Waals surface area contributed by atoms with Crippen LogP contribution in [0.1, 0.15) is 5.82 Å². The normalized spacial score (nSPS) is 16.6. The summed E-state index contributed by atoms with van der Waals surface area (Å²) in [4.78, 5) is 13.5. The number of aromatic nitrogens is 4. The van der Waals surface area contributed by atoms with E-state index < -0.39 is 0 Å². The predicted molar refractivity (Wildman–Crippen MR) is 90.4 cm³/mol. The van der Waals surface area contributed by atoms with Gasteiger partial charge < -0.3 is 9.80 Å². The average Bonchev–Trinajstić information content (AvgIpc) is 2.89.